The van der Waals surface area contributed by atoms with Gasteiger partial charge in [-0.1, -0.05) is 6.42 Å². The van der Waals surface area contributed by atoms with Crippen molar-refractivity contribution in [2.75, 3.05) is 0 Å². The molecule has 0 radical (unpaired) electrons. The van der Waals surface area contributed by atoms with E-state index in [4.69, 9.17) is 0 Å². The van der Waals surface area contributed by atoms with Crippen LogP contribution in [0.2, 0.25) is 0 Å². The Bertz CT molecular complexity index is 517. The van der Waals surface area contributed by atoms with Crippen molar-refractivity contribution in [1.29, 1.82) is 0 Å². The molecular formula is C11H18N4O2S. The summed E-state index contributed by atoms with van der Waals surface area (Å²) in [7, 11) is -3.44. The highest BCUT2D eigenvalue weighted by Crippen LogP contribution is 2.23. The number of sulfonamides is 1. The molecule has 0 atom stereocenters. The number of hydrogen-bond donors (Lipinski definition) is 3. The molecule has 0 bridgehead atoms. The summed E-state index contributed by atoms with van der Waals surface area (Å²) < 4.78 is 27.0. The largest absolute Gasteiger partial charge is 0.310 e. The van der Waals surface area contributed by atoms with Gasteiger partial charge in [-0.2, -0.15) is 5.10 Å². The zero-order valence-electron chi connectivity index (χ0n) is 10.1. The van der Waals surface area contributed by atoms with E-state index in [-0.39, 0.29) is 11.1 Å². The van der Waals surface area contributed by atoms with Crippen molar-refractivity contribution in [3.8, 4) is 0 Å². The highest BCUT2D eigenvalue weighted by molar-refractivity contribution is 7.89. The second-order valence-corrected chi connectivity index (χ2v) is 6.78. The number of aromatic amines is 1. The molecule has 100 valence electrons. The number of hydrogen-bond acceptors (Lipinski definition) is 4. The first kappa shape index (κ1) is 12.1. The van der Waals surface area contributed by atoms with Crippen LogP contribution >= 0.6 is 0 Å². The van der Waals surface area contributed by atoms with Gasteiger partial charge in [-0.3, -0.25) is 5.10 Å². The quantitative estimate of drug-likeness (QED) is 0.702. The Morgan fingerprint density at radius 3 is 2.67 bits per heavy atom. The third-order valence-electron chi connectivity index (χ3n) is 3.53. The van der Waals surface area contributed by atoms with Crippen LogP contribution in [-0.2, 0) is 16.6 Å². The third-order valence-corrected chi connectivity index (χ3v) is 5.07. The van der Waals surface area contributed by atoms with Gasteiger partial charge < -0.3 is 5.32 Å². The first-order valence-electron chi connectivity index (χ1n) is 6.43. The van der Waals surface area contributed by atoms with Crippen molar-refractivity contribution in [3.05, 3.63) is 11.8 Å². The fourth-order valence-corrected chi connectivity index (χ4v) is 3.44. The molecule has 0 spiro atoms. The highest BCUT2D eigenvalue weighted by Gasteiger charge is 2.28. The SMILES string of the molecule is O=S(=O)(NC1CCC1)c1[nH]ncc1CNC1CC1. The summed E-state index contributed by atoms with van der Waals surface area (Å²) in [6.45, 7) is 0.558. The Hall–Kier alpha value is -0.920. The molecule has 1 aromatic heterocycles. The molecule has 0 aliphatic heterocycles. The molecule has 2 aliphatic rings. The van der Waals surface area contributed by atoms with Gasteiger partial charge in [0.15, 0.2) is 5.03 Å². The van der Waals surface area contributed by atoms with Crippen molar-refractivity contribution in [1.82, 2.24) is 20.2 Å². The van der Waals surface area contributed by atoms with Crippen LogP contribution in [0.5, 0.6) is 0 Å². The minimum absolute atomic E-state index is 0.0996. The molecule has 18 heavy (non-hydrogen) atoms. The van der Waals surface area contributed by atoms with Gasteiger partial charge >= 0.3 is 0 Å². The Balaban J connectivity index is 1.70. The van der Waals surface area contributed by atoms with Crippen LogP contribution in [0.3, 0.4) is 0 Å². The number of H-pyrrole nitrogens is 1. The van der Waals surface area contributed by atoms with Crippen molar-refractivity contribution in [2.24, 2.45) is 0 Å². The van der Waals surface area contributed by atoms with E-state index < -0.39 is 10.0 Å². The van der Waals surface area contributed by atoms with Gasteiger partial charge in [-0.05, 0) is 25.7 Å². The summed E-state index contributed by atoms with van der Waals surface area (Å²) in [6, 6.07) is 0.651. The summed E-state index contributed by atoms with van der Waals surface area (Å²) in [4.78, 5) is 0. The molecule has 2 aliphatic carbocycles. The molecule has 0 unspecified atom stereocenters. The van der Waals surface area contributed by atoms with Crippen molar-refractivity contribution in [3.63, 3.8) is 0 Å². The van der Waals surface area contributed by atoms with E-state index in [0.29, 0.717) is 18.2 Å². The van der Waals surface area contributed by atoms with Gasteiger partial charge in [0, 0.05) is 24.2 Å². The summed E-state index contributed by atoms with van der Waals surface area (Å²) in [5.74, 6) is 0. The Morgan fingerprint density at radius 2 is 2.06 bits per heavy atom. The van der Waals surface area contributed by atoms with Crippen molar-refractivity contribution < 1.29 is 8.42 Å². The van der Waals surface area contributed by atoms with Crippen LogP contribution in [0, 0.1) is 0 Å². The van der Waals surface area contributed by atoms with Crippen LogP contribution in [0.25, 0.3) is 0 Å². The molecule has 0 saturated heterocycles. The summed E-state index contributed by atoms with van der Waals surface area (Å²) >= 11 is 0. The fourth-order valence-electron chi connectivity index (χ4n) is 2.00. The van der Waals surface area contributed by atoms with E-state index in [2.05, 4.69) is 20.2 Å². The predicted molar refractivity (Wildman–Crippen MR) is 66.4 cm³/mol. The van der Waals surface area contributed by atoms with Crippen LogP contribution in [0.4, 0.5) is 0 Å². The lowest BCUT2D eigenvalue weighted by atomic mass is 9.94. The van der Waals surface area contributed by atoms with Gasteiger partial charge in [0.05, 0.1) is 6.20 Å². The van der Waals surface area contributed by atoms with E-state index in [9.17, 15) is 8.42 Å². The minimum atomic E-state index is -3.44. The Morgan fingerprint density at radius 1 is 1.28 bits per heavy atom. The standard InChI is InChI=1S/C11H18N4O2S/c16-18(17,15-10-2-1-3-10)11-8(7-13-14-11)6-12-9-4-5-9/h7,9-10,12,15H,1-6H2,(H,13,14). The van der Waals surface area contributed by atoms with E-state index in [1.54, 1.807) is 6.20 Å². The molecule has 6 nitrogen and oxygen atoms in total. The molecule has 3 rings (SSSR count). The number of aromatic nitrogens is 2. The first-order valence-corrected chi connectivity index (χ1v) is 7.91. The molecule has 2 saturated carbocycles. The van der Waals surface area contributed by atoms with Gasteiger partial charge in [0.2, 0.25) is 0 Å². The van der Waals surface area contributed by atoms with E-state index in [0.717, 1.165) is 19.3 Å². The zero-order valence-corrected chi connectivity index (χ0v) is 11.0. The zero-order chi connectivity index (χ0) is 12.6. The van der Waals surface area contributed by atoms with Crippen LogP contribution in [0.15, 0.2) is 11.2 Å². The van der Waals surface area contributed by atoms with Crippen molar-refractivity contribution >= 4 is 10.0 Å². The summed E-state index contributed by atoms with van der Waals surface area (Å²) in [5.41, 5.74) is 0.716. The van der Waals surface area contributed by atoms with Crippen molar-refractivity contribution in [2.45, 2.75) is 55.8 Å². The number of rotatable bonds is 6. The average Bonchev–Trinajstić information content (AvgIpc) is 2.98. The van der Waals surface area contributed by atoms with Crippen LogP contribution < -0.4 is 10.0 Å². The topological polar surface area (TPSA) is 86.9 Å². The molecule has 7 heteroatoms. The lowest BCUT2D eigenvalue weighted by molar-refractivity contribution is 0.383. The maximum atomic E-state index is 12.2. The second kappa shape index (κ2) is 4.64. The summed E-state index contributed by atoms with van der Waals surface area (Å²) in [6.07, 6.45) is 6.92. The van der Waals surface area contributed by atoms with E-state index in [1.807, 2.05) is 0 Å². The fraction of sp³-hybridized carbons (Fsp3) is 0.727. The van der Waals surface area contributed by atoms with Gasteiger partial charge in [-0.25, -0.2) is 13.1 Å². The third kappa shape index (κ3) is 2.57. The lowest BCUT2D eigenvalue weighted by Gasteiger charge is -2.25. The van der Waals surface area contributed by atoms with E-state index >= 15 is 0 Å². The van der Waals surface area contributed by atoms with Gasteiger partial charge in [0.1, 0.15) is 0 Å². The maximum Gasteiger partial charge on any atom is 0.258 e. The molecule has 3 N–H and O–H groups in total. The molecule has 1 aromatic rings. The molecule has 1 heterocycles. The highest BCUT2D eigenvalue weighted by atomic mass is 32.2. The number of nitrogens with one attached hydrogen (secondary N) is 3. The normalized spacial score (nSPS) is 20.9. The molecular weight excluding hydrogens is 252 g/mol. The second-order valence-electron chi connectivity index (χ2n) is 5.13. The van der Waals surface area contributed by atoms with Crippen LogP contribution in [-0.4, -0.2) is 30.7 Å². The monoisotopic (exact) mass is 270 g/mol. The lowest BCUT2D eigenvalue weighted by Crippen LogP contribution is -2.40. The Labute approximate surface area is 107 Å². The average molecular weight is 270 g/mol. The molecule has 0 amide bonds. The maximum absolute atomic E-state index is 12.2. The predicted octanol–water partition coefficient (Wildman–Crippen LogP) is 0.492. The van der Waals surface area contributed by atoms with Gasteiger partial charge in [-0.15, -0.1) is 0 Å². The molecule has 0 aromatic carbocycles. The molecule has 2 fully saturated rings. The van der Waals surface area contributed by atoms with E-state index in [1.165, 1.54) is 12.8 Å². The number of nitrogens with zero attached hydrogens (tertiary/aromatic N) is 1. The smallest absolute Gasteiger partial charge is 0.258 e. The summed E-state index contributed by atoms with van der Waals surface area (Å²) in [5, 5.41) is 9.97. The first-order chi connectivity index (χ1) is 8.65. The Kier molecular flexibility index (Phi) is 3.13. The van der Waals surface area contributed by atoms with Gasteiger partial charge in [0.25, 0.3) is 10.0 Å². The minimum Gasteiger partial charge on any atom is -0.310 e. The van der Waals surface area contributed by atoms with Crippen LogP contribution in [0.1, 0.15) is 37.7 Å².